The van der Waals surface area contributed by atoms with E-state index in [0.717, 1.165) is 33.0 Å². The van der Waals surface area contributed by atoms with Crippen molar-refractivity contribution in [3.63, 3.8) is 0 Å². The van der Waals surface area contributed by atoms with E-state index in [1.807, 2.05) is 18.2 Å². The summed E-state index contributed by atoms with van der Waals surface area (Å²) in [4.78, 5) is 15.5. The quantitative estimate of drug-likeness (QED) is 0.178. The number of hydrogen-bond acceptors (Lipinski definition) is 3. The molecule has 3 nitrogen and oxygen atoms in total. The molecule has 10 rings (SSSR count). The molecule has 3 heteroatoms. The fourth-order valence-electron chi connectivity index (χ4n) is 8.30. The Bertz CT molecular complexity index is 2830. The van der Waals surface area contributed by atoms with Gasteiger partial charge in [-0.1, -0.05) is 159 Å². The van der Waals surface area contributed by atoms with Crippen LogP contribution in [-0.4, -0.2) is 15.0 Å². The summed E-state index contributed by atoms with van der Waals surface area (Å²) >= 11 is 0. The molecule has 1 aliphatic rings. The molecule has 0 fully saturated rings. The lowest BCUT2D eigenvalue weighted by atomic mass is 9.79. The Kier molecular flexibility index (Phi) is 6.53. The van der Waals surface area contributed by atoms with Gasteiger partial charge in [-0.3, -0.25) is 0 Å². The second kappa shape index (κ2) is 11.3. The first-order valence-electron chi connectivity index (χ1n) is 17.5. The summed E-state index contributed by atoms with van der Waals surface area (Å²) in [6.07, 6.45) is 0. The molecule has 1 aliphatic carbocycles. The van der Waals surface area contributed by atoms with Crippen molar-refractivity contribution < 1.29 is 0 Å². The molecule has 0 saturated carbocycles. The standard InChI is InChI=1S/C48H33N3/c1-48(2)43-26-13-12-24-38(43)41-29-40(37-23-10-11-25-39(37)44(41)48)31-18-14-19-33(27-31)46-49-45(30-15-4-3-5-16-30)50-47(51-46)42-28-32-17-6-7-20-34(32)35-21-8-9-22-36(35)42/h3-29H,1-2H3. The van der Waals surface area contributed by atoms with E-state index in [2.05, 4.69) is 159 Å². The fraction of sp³-hybridized carbons (Fsp3) is 0.0625. The molecule has 8 aromatic carbocycles. The minimum Gasteiger partial charge on any atom is -0.208 e. The summed E-state index contributed by atoms with van der Waals surface area (Å²) in [6, 6.07) is 58.3. The summed E-state index contributed by atoms with van der Waals surface area (Å²) in [5.74, 6) is 1.96. The van der Waals surface area contributed by atoms with Crippen LogP contribution in [0.4, 0.5) is 0 Å². The van der Waals surface area contributed by atoms with Crippen LogP contribution < -0.4 is 0 Å². The maximum Gasteiger partial charge on any atom is 0.164 e. The first kappa shape index (κ1) is 29.5. The SMILES string of the molecule is CC1(C)c2ccccc2-c2cc(-c3cccc(-c4nc(-c5ccccc5)nc(-c5cc6ccccc6c6ccccc56)n4)c3)c3ccccc3c21. The van der Waals surface area contributed by atoms with Gasteiger partial charge in [0.1, 0.15) is 0 Å². The summed E-state index contributed by atoms with van der Waals surface area (Å²) in [7, 11) is 0. The summed E-state index contributed by atoms with van der Waals surface area (Å²) in [5.41, 5.74) is 10.5. The Labute approximate surface area is 297 Å². The van der Waals surface area contributed by atoms with Crippen molar-refractivity contribution in [1.29, 1.82) is 0 Å². The lowest BCUT2D eigenvalue weighted by molar-refractivity contribution is 0.666. The van der Waals surface area contributed by atoms with Crippen LogP contribution in [0.1, 0.15) is 25.0 Å². The molecule has 0 spiro atoms. The van der Waals surface area contributed by atoms with Gasteiger partial charge in [0.25, 0.3) is 0 Å². The van der Waals surface area contributed by atoms with Crippen molar-refractivity contribution in [1.82, 2.24) is 15.0 Å². The predicted octanol–water partition coefficient (Wildman–Crippen LogP) is 12.3. The van der Waals surface area contributed by atoms with E-state index >= 15 is 0 Å². The van der Waals surface area contributed by atoms with Gasteiger partial charge >= 0.3 is 0 Å². The van der Waals surface area contributed by atoms with E-state index in [1.165, 1.54) is 49.4 Å². The van der Waals surface area contributed by atoms with E-state index < -0.39 is 0 Å². The van der Waals surface area contributed by atoms with Crippen LogP contribution >= 0.6 is 0 Å². The molecule has 0 atom stereocenters. The van der Waals surface area contributed by atoms with Gasteiger partial charge in [0, 0.05) is 22.1 Å². The average molecular weight is 652 g/mol. The first-order chi connectivity index (χ1) is 25.0. The minimum absolute atomic E-state index is 0.0893. The van der Waals surface area contributed by atoms with E-state index in [0.29, 0.717) is 17.5 Å². The zero-order chi connectivity index (χ0) is 34.1. The van der Waals surface area contributed by atoms with Crippen LogP contribution in [0.3, 0.4) is 0 Å². The zero-order valence-electron chi connectivity index (χ0n) is 28.4. The van der Waals surface area contributed by atoms with Crippen molar-refractivity contribution in [2.75, 3.05) is 0 Å². The number of aromatic nitrogens is 3. The van der Waals surface area contributed by atoms with Gasteiger partial charge in [0.2, 0.25) is 0 Å². The Morgan fingerprint density at radius 1 is 0.353 bits per heavy atom. The third-order valence-electron chi connectivity index (χ3n) is 10.7. The Balaban J connectivity index is 1.19. The van der Waals surface area contributed by atoms with Gasteiger partial charge in [-0.15, -0.1) is 0 Å². The molecule has 0 saturated heterocycles. The molecule has 0 amide bonds. The van der Waals surface area contributed by atoms with Gasteiger partial charge in [-0.2, -0.15) is 0 Å². The predicted molar refractivity (Wildman–Crippen MR) is 212 cm³/mol. The van der Waals surface area contributed by atoms with Crippen LogP contribution in [0.25, 0.3) is 88.7 Å². The average Bonchev–Trinajstić information content (AvgIpc) is 3.43. The minimum atomic E-state index is -0.0893. The van der Waals surface area contributed by atoms with Gasteiger partial charge < -0.3 is 0 Å². The molecular formula is C48H33N3. The van der Waals surface area contributed by atoms with Crippen molar-refractivity contribution in [3.8, 4) is 56.4 Å². The maximum atomic E-state index is 5.24. The van der Waals surface area contributed by atoms with Gasteiger partial charge in [0.05, 0.1) is 0 Å². The first-order valence-corrected chi connectivity index (χ1v) is 17.5. The Morgan fingerprint density at radius 3 is 1.73 bits per heavy atom. The van der Waals surface area contributed by atoms with E-state index in [-0.39, 0.29) is 5.41 Å². The molecule has 0 aliphatic heterocycles. The van der Waals surface area contributed by atoms with Crippen LogP contribution in [0, 0.1) is 0 Å². The number of nitrogens with zero attached hydrogens (tertiary/aromatic N) is 3. The highest BCUT2D eigenvalue weighted by atomic mass is 15.0. The van der Waals surface area contributed by atoms with Crippen molar-refractivity contribution >= 4 is 32.3 Å². The summed E-state index contributed by atoms with van der Waals surface area (Å²) in [5, 5.41) is 7.23. The normalized spacial score (nSPS) is 13.1. The molecule has 240 valence electrons. The van der Waals surface area contributed by atoms with Crippen molar-refractivity contribution in [3.05, 3.63) is 175 Å². The van der Waals surface area contributed by atoms with Gasteiger partial charge in [-0.25, -0.2) is 15.0 Å². The van der Waals surface area contributed by atoms with Gasteiger partial charge in [-0.05, 0) is 83.9 Å². The second-order valence-electron chi connectivity index (χ2n) is 14.0. The highest BCUT2D eigenvalue weighted by molar-refractivity contribution is 6.13. The lowest BCUT2D eigenvalue weighted by Crippen LogP contribution is -2.15. The van der Waals surface area contributed by atoms with Crippen molar-refractivity contribution in [2.45, 2.75) is 19.3 Å². The second-order valence-corrected chi connectivity index (χ2v) is 14.0. The molecule has 1 aromatic heterocycles. The van der Waals surface area contributed by atoms with Gasteiger partial charge in [0.15, 0.2) is 17.5 Å². The Hall–Kier alpha value is -6.45. The van der Waals surface area contributed by atoms with Crippen LogP contribution in [0.5, 0.6) is 0 Å². The maximum absolute atomic E-state index is 5.24. The number of benzene rings is 8. The lowest BCUT2D eigenvalue weighted by Gasteiger charge is -2.24. The summed E-state index contributed by atoms with van der Waals surface area (Å²) in [6.45, 7) is 4.71. The molecular weight excluding hydrogens is 619 g/mol. The van der Waals surface area contributed by atoms with Crippen LogP contribution in [0.2, 0.25) is 0 Å². The highest BCUT2D eigenvalue weighted by Crippen LogP contribution is 2.53. The number of rotatable bonds is 4. The molecule has 51 heavy (non-hydrogen) atoms. The molecule has 0 radical (unpaired) electrons. The zero-order valence-corrected chi connectivity index (χ0v) is 28.4. The molecule has 0 N–H and O–H groups in total. The third-order valence-corrected chi connectivity index (χ3v) is 10.7. The number of fused-ring (bicyclic) bond motifs is 8. The smallest absolute Gasteiger partial charge is 0.164 e. The summed E-state index contributed by atoms with van der Waals surface area (Å²) < 4.78 is 0. The molecule has 9 aromatic rings. The fourth-order valence-corrected chi connectivity index (χ4v) is 8.30. The molecule has 0 unspecified atom stereocenters. The Morgan fingerprint density at radius 2 is 0.922 bits per heavy atom. The van der Waals surface area contributed by atoms with Crippen LogP contribution in [0.15, 0.2) is 164 Å². The third kappa shape index (κ3) is 4.62. The molecule has 0 bridgehead atoms. The monoisotopic (exact) mass is 651 g/mol. The number of hydrogen-bond donors (Lipinski definition) is 0. The van der Waals surface area contributed by atoms with E-state index in [4.69, 9.17) is 15.0 Å². The largest absolute Gasteiger partial charge is 0.208 e. The molecule has 1 heterocycles. The van der Waals surface area contributed by atoms with E-state index in [9.17, 15) is 0 Å². The topological polar surface area (TPSA) is 38.7 Å². The highest BCUT2D eigenvalue weighted by Gasteiger charge is 2.37. The van der Waals surface area contributed by atoms with Crippen molar-refractivity contribution in [2.24, 2.45) is 0 Å². The van der Waals surface area contributed by atoms with Crippen LogP contribution in [-0.2, 0) is 5.41 Å². The van der Waals surface area contributed by atoms with E-state index in [1.54, 1.807) is 0 Å².